The van der Waals surface area contributed by atoms with E-state index in [4.69, 9.17) is 0 Å². The van der Waals surface area contributed by atoms with Crippen LogP contribution < -0.4 is 0 Å². The fraction of sp³-hybridized carbons (Fsp3) is 0.800. The predicted octanol–water partition coefficient (Wildman–Crippen LogP) is 1.64. The van der Waals surface area contributed by atoms with Gasteiger partial charge in [0.2, 0.25) is 11.8 Å². The molecule has 2 amide bonds. The zero-order valence-electron chi connectivity index (χ0n) is 10.6. The van der Waals surface area contributed by atoms with Gasteiger partial charge in [-0.2, -0.15) is 13.2 Å². The maximum Gasteiger partial charge on any atom is 0.406 e. The quantitative estimate of drug-likeness (QED) is 0.734. The maximum absolute atomic E-state index is 12.4. The fourth-order valence-electron chi connectivity index (χ4n) is 1.10. The van der Waals surface area contributed by atoms with E-state index in [1.165, 1.54) is 27.9 Å². The van der Waals surface area contributed by atoms with E-state index in [2.05, 4.69) is 15.9 Å². The molecule has 0 saturated heterocycles. The number of hydrogen-bond acceptors (Lipinski definition) is 2. The van der Waals surface area contributed by atoms with Crippen LogP contribution in [0.3, 0.4) is 0 Å². The summed E-state index contributed by atoms with van der Waals surface area (Å²) in [7, 11) is 2.83. The number of likely N-dealkylation sites (N-methyl/N-ethyl adjacent to an activating group) is 1. The summed E-state index contributed by atoms with van der Waals surface area (Å²) in [5.41, 5.74) is 0. The third-order valence-electron chi connectivity index (χ3n) is 1.99. The molecule has 0 spiro atoms. The standard InChI is InChI=1S/C10H16BrF3N2O2/c1-9(2,11)8(18)16(6-10(12,13)14)5-7(17)15(3)4/h5-6H2,1-4H3. The number of halogens is 4. The van der Waals surface area contributed by atoms with E-state index in [0.29, 0.717) is 4.90 Å². The lowest BCUT2D eigenvalue weighted by molar-refractivity contribution is -0.164. The molecule has 8 heteroatoms. The minimum atomic E-state index is -4.54. The van der Waals surface area contributed by atoms with Crippen molar-refractivity contribution in [3.63, 3.8) is 0 Å². The average Bonchev–Trinajstić information content (AvgIpc) is 2.11. The molecule has 4 nitrogen and oxygen atoms in total. The second kappa shape index (κ2) is 5.90. The Hall–Kier alpha value is -0.790. The summed E-state index contributed by atoms with van der Waals surface area (Å²) in [5, 5.41) is 0. The summed E-state index contributed by atoms with van der Waals surface area (Å²) >= 11 is 3.00. The van der Waals surface area contributed by atoms with Crippen molar-refractivity contribution >= 4 is 27.7 Å². The molecular weight excluding hydrogens is 317 g/mol. The van der Waals surface area contributed by atoms with Gasteiger partial charge in [0.1, 0.15) is 13.1 Å². The first-order chi connectivity index (χ1) is 7.84. The van der Waals surface area contributed by atoms with Gasteiger partial charge in [0.25, 0.3) is 0 Å². The Balaban J connectivity index is 4.96. The number of alkyl halides is 4. The summed E-state index contributed by atoms with van der Waals surface area (Å²) in [5.74, 6) is -1.35. The first kappa shape index (κ1) is 17.2. The molecule has 0 aliphatic heterocycles. The molecule has 0 aromatic rings. The van der Waals surface area contributed by atoms with E-state index in [-0.39, 0.29) is 0 Å². The molecule has 18 heavy (non-hydrogen) atoms. The zero-order chi connectivity index (χ0) is 14.7. The summed E-state index contributed by atoms with van der Waals surface area (Å²) in [6.45, 7) is 0.818. The molecule has 0 radical (unpaired) electrons. The van der Waals surface area contributed by atoms with E-state index in [0.717, 1.165) is 4.90 Å². The number of hydrogen-bond donors (Lipinski definition) is 0. The lowest BCUT2D eigenvalue weighted by atomic mass is 10.2. The lowest BCUT2D eigenvalue weighted by Crippen LogP contribution is -2.49. The molecule has 0 rings (SSSR count). The van der Waals surface area contributed by atoms with Crippen LogP contribution >= 0.6 is 15.9 Å². The second-order valence-corrected chi connectivity index (χ2v) is 6.52. The Kier molecular flexibility index (Phi) is 5.64. The van der Waals surface area contributed by atoms with Gasteiger partial charge in [-0.1, -0.05) is 15.9 Å². The molecule has 0 aliphatic carbocycles. The Morgan fingerprint density at radius 3 is 1.89 bits per heavy atom. The summed E-state index contributed by atoms with van der Waals surface area (Å²) in [4.78, 5) is 24.9. The van der Waals surface area contributed by atoms with Gasteiger partial charge in [0.15, 0.2) is 0 Å². The Bertz CT molecular complexity index is 324. The van der Waals surface area contributed by atoms with Crippen LogP contribution in [0.25, 0.3) is 0 Å². The van der Waals surface area contributed by atoms with Gasteiger partial charge in [-0.15, -0.1) is 0 Å². The van der Waals surface area contributed by atoms with Crippen molar-refractivity contribution in [1.29, 1.82) is 0 Å². The molecular formula is C10H16BrF3N2O2. The number of nitrogens with zero attached hydrogens (tertiary/aromatic N) is 2. The lowest BCUT2D eigenvalue weighted by Gasteiger charge is -2.29. The highest BCUT2D eigenvalue weighted by atomic mass is 79.9. The number of rotatable bonds is 4. The Labute approximate surface area is 112 Å². The van der Waals surface area contributed by atoms with Crippen molar-refractivity contribution in [2.45, 2.75) is 24.3 Å². The highest BCUT2D eigenvalue weighted by molar-refractivity contribution is 9.10. The maximum atomic E-state index is 12.4. The Morgan fingerprint density at radius 1 is 1.17 bits per heavy atom. The topological polar surface area (TPSA) is 40.6 Å². The molecule has 0 bridgehead atoms. The SMILES string of the molecule is CN(C)C(=O)CN(CC(F)(F)F)C(=O)C(C)(C)Br. The molecule has 106 valence electrons. The van der Waals surface area contributed by atoms with Crippen LogP contribution in [0.15, 0.2) is 0 Å². The molecule has 0 aromatic heterocycles. The zero-order valence-corrected chi connectivity index (χ0v) is 12.2. The molecule has 0 heterocycles. The van der Waals surface area contributed by atoms with Gasteiger partial charge in [-0.05, 0) is 13.8 Å². The van der Waals surface area contributed by atoms with Gasteiger partial charge >= 0.3 is 6.18 Å². The third kappa shape index (κ3) is 6.23. The van der Waals surface area contributed by atoms with E-state index in [1.807, 2.05) is 0 Å². The largest absolute Gasteiger partial charge is 0.406 e. The summed E-state index contributed by atoms with van der Waals surface area (Å²) in [6, 6.07) is 0. The molecule has 0 aromatic carbocycles. The van der Waals surface area contributed by atoms with E-state index in [9.17, 15) is 22.8 Å². The third-order valence-corrected chi connectivity index (χ3v) is 2.33. The van der Waals surface area contributed by atoms with Crippen molar-refractivity contribution in [3.05, 3.63) is 0 Å². The predicted molar refractivity (Wildman–Crippen MR) is 64.3 cm³/mol. The molecule has 0 unspecified atom stereocenters. The molecule has 0 saturated carbocycles. The minimum Gasteiger partial charge on any atom is -0.347 e. The van der Waals surface area contributed by atoms with Crippen molar-refractivity contribution in [1.82, 2.24) is 9.80 Å². The van der Waals surface area contributed by atoms with Crippen LogP contribution in [-0.2, 0) is 9.59 Å². The highest BCUT2D eigenvalue weighted by Gasteiger charge is 2.38. The van der Waals surface area contributed by atoms with Crippen LogP contribution in [0.4, 0.5) is 13.2 Å². The normalized spacial score (nSPS) is 12.2. The number of amides is 2. The van der Waals surface area contributed by atoms with E-state index >= 15 is 0 Å². The van der Waals surface area contributed by atoms with Crippen LogP contribution in [0, 0.1) is 0 Å². The highest BCUT2D eigenvalue weighted by Crippen LogP contribution is 2.23. The number of carbonyl (C=O) groups excluding carboxylic acids is 2. The van der Waals surface area contributed by atoms with E-state index < -0.39 is 35.4 Å². The van der Waals surface area contributed by atoms with Gasteiger partial charge in [0, 0.05) is 14.1 Å². The summed E-state index contributed by atoms with van der Waals surface area (Å²) in [6.07, 6.45) is -4.54. The molecule has 0 fully saturated rings. The van der Waals surface area contributed by atoms with Crippen LogP contribution in [0.2, 0.25) is 0 Å². The smallest absolute Gasteiger partial charge is 0.347 e. The first-order valence-electron chi connectivity index (χ1n) is 5.10. The van der Waals surface area contributed by atoms with Gasteiger partial charge in [-0.3, -0.25) is 9.59 Å². The fourth-order valence-corrected chi connectivity index (χ4v) is 1.35. The monoisotopic (exact) mass is 332 g/mol. The van der Waals surface area contributed by atoms with Crippen molar-refractivity contribution in [2.75, 3.05) is 27.2 Å². The van der Waals surface area contributed by atoms with Crippen molar-refractivity contribution in [3.8, 4) is 0 Å². The van der Waals surface area contributed by atoms with E-state index in [1.54, 1.807) is 0 Å². The molecule has 0 aliphatic rings. The van der Waals surface area contributed by atoms with Crippen molar-refractivity contribution < 1.29 is 22.8 Å². The van der Waals surface area contributed by atoms with Gasteiger partial charge in [-0.25, -0.2) is 0 Å². The first-order valence-corrected chi connectivity index (χ1v) is 5.89. The van der Waals surface area contributed by atoms with Crippen LogP contribution in [-0.4, -0.2) is 59.3 Å². The van der Waals surface area contributed by atoms with Gasteiger partial charge < -0.3 is 9.80 Å². The van der Waals surface area contributed by atoms with Gasteiger partial charge in [0.05, 0.1) is 4.32 Å². The number of carbonyl (C=O) groups is 2. The molecule has 0 N–H and O–H groups in total. The van der Waals surface area contributed by atoms with Crippen LogP contribution in [0.1, 0.15) is 13.8 Å². The molecule has 0 atom stereocenters. The second-order valence-electron chi connectivity index (χ2n) is 4.54. The Morgan fingerprint density at radius 2 is 1.61 bits per heavy atom. The van der Waals surface area contributed by atoms with Crippen LogP contribution in [0.5, 0.6) is 0 Å². The minimum absolute atomic E-state index is 0.497. The average molecular weight is 333 g/mol. The summed E-state index contributed by atoms with van der Waals surface area (Å²) < 4.78 is 36.0. The van der Waals surface area contributed by atoms with Crippen molar-refractivity contribution in [2.24, 2.45) is 0 Å².